The van der Waals surface area contributed by atoms with Crippen molar-refractivity contribution < 1.29 is 14.3 Å². The van der Waals surface area contributed by atoms with Gasteiger partial charge in [-0.3, -0.25) is 4.68 Å². The molecule has 0 atom stereocenters. The van der Waals surface area contributed by atoms with E-state index in [4.69, 9.17) is 9.47 Å². The SMILES string of the molecule is CCOC(=O)C(C)(C)Oc1nn(Cc2ccccc2)c2ccccc12. The zero-order valence-electron chi connectivity index (χ0n) is 14.7. The molecule has 0 aliphatic rings. The monoisotopic (exact) mass is 338 g/mol. The summed E-state index contributed by atoms with van der Waals surface area (Å²) in [5.74, 6) is 0.0290. The number of esters is 1. The Balaban J connectivity index is 1.95. The van der Waals surface area contributed by atoms with Crippen LogP contribution in [0.5, 0.6) is 5.88 Å². The van der Waals surface area contributed by atoms with Crippen molar-refractivity contribution in [1.29, 1.82) is 0 Å². The first-order valence-electron chi connectivity index (χ1n) is 8.37. The highest BCUT2D eigenvalue weighted by molar-refractivity contribution is 5.86. The molecule has 0 fully saturated rings. The van der Waals surface area contributed by atoms with Crippen LogP contribution in [0.15, 0.2) is 54.6 Å². The Morgan fingerprint density at radius 1 is 1.08 bits per heavy atom. The molecule has 0 aliphatic heterocycles. The maximum Gasteiger partial charge on any atom is 0.349 e. The van der Waals surface area contributed by atoms with Gasteiger partial charge >= 0.3 is 5.97 Å². The molecule has 0 saturated carbocycles. The predicted octanol–water partition coefficient (Wildman–Crippen LogP) is 3.81. The lowest BCUT2D eigenvalue weighted by molar-refractivity contribution is -0.158. The molecule has 3 rings (SSSR count). The predicted molar refractivity (Wildman–Crippen MR) is 96.6 cm³/mol. The Morgan fingerprint density at radius 2 is 1.76 bits per heavy atom. The molecule has 1 aromatic heterocycles. The fourth-order valence-corrected chi connectivity index (χ4v) is 2.64. The van der Waals surface area contributed by atoms with Gasteiger partial charge in [0.25, 0.3) is 0 Å². The molecule has 130 valence electrons. The van der Waals surface area contributed by atoms with Crippen LogP contribution in [0.4, 0.5) is 0 Å². The minimum atomic E-state index is -1.11. The third-order valence-electron chi connectivity index (χ3n) is 3.92. The van der Waals surface area contributed by atoms with Crippen LogP contribution < -0.4 is 4.74 Å². The van der Waals surface area contributed by atoms with E-state index < -0.39 is 11.6 Å². The van der Waals surface area contributed by atoms with Gasteiger partial charge < -0.3 is 9.47 Å². The quantitative estimate of drug-likeness (QED) is 0.642. The minimum absolute atomic E-state index is 0.314. The Hall–Kier alpha value is -2.82. The highest BCUT2D eigenvalue weighted by atomic mass is 16.6. The molecule has 1 heterocycles. The van der Waals surface area contributed by atoms with Crippen molar-refractivity contribution in [3.8, 4) is 5.88 Å². The van der Waals surface area contributed by atoms with Gasteiger partial charge in [-0.25, -0.2) is 4.79 Å². The number of hydrogen-bond donors (Lipinski definition) is 0. The van der Waals surface area contributed by atoms with Crippen molar-refractivity contribution in [2.75, 3.05) is 6.61 Å². The maximum absolute atomic E-state index is 12.1. The molecule has 5 nitrogen and oxygen atoms in total. The molecular weight excluding hydrogens is 316 g/mol. The van der Waals surface area contributed by atoms with E-state index in [1.54, 1.807) is 20.8 Å². The molecule has 25 heavy (non-hydrogen) atoms. The molecule has 2 aromatic carbocycles. The van der Waals surface area contributed by atoms with Crippen molar-refractivity contribution in [3.05, 3.63) is 60.2 Å². The number of fused-ring (bicyclic) bond motifs is 1. The van der Waals surface area contributed by atoms with Crippen LogP contribution in [0.3, 0.4) is 0 Å². The summed E-state index contributed by atoms with van der Waals surface area (Å²) in [6.45, 7) is 6.10. The average Bonchev–Trinajstić information content (AvgIpc) is 2.93. The van der Waals surface area contributed by atoms with E-state index in [0.717, 1.165) is 16.5 Å². The minimum Gasteiger partial charge on any atom is -0.463 e. The van der Waals surface area contributed by atoms with Gasteiger partial charge in [-0.05, 0) is 38.5 Å². The van der Waals surface area contributed by atoms with Gasteiger partial charge in [0.05, 0.1) is 24.1 Å². The Morgan fingerprint density at radius 3 is 2.48 bits per heavy atom. The van der Waals surface area contributed by atoms with Crippen LogP contribution in [0, 0.1) is 0 Å². The number of benzene rings is 2. The number of nitrogens with zero attached hydrogens (tertiary/aromatic N) is 2. The van der Waals surface area contributed by atoms with Crippen LogP contribution in [0.25, 0.3) is 10.9 Å². The molecule has 5 heteroatoms. The van der Waals surface area contributed by atoms with Crippen LogP contribution in [0.1, 0.15) is 26.3 Å². The number of hydrogen-bond acceptors (Lipinski definition) is 4. The lowest BCUT2D eigenvalue weighted by atomic mass is 10.1. The third kappa shape index (κ3) is 3.65. The van der Waals surface area contributed by atoms with Gasteiger partial charge in [0.2, 0.25) is 11.5 Å². The third-order valence-corrected chi connectivity index (χ3v) is 3.92. The van der Waals surface area contributed by atoms with Gasteiger partial charge in [-0.2, -0.15) is 0 Å². The van der Waals surface area contributed by atoms with Crippen molar-refractivity contribution in [1.82, 2.24) is 9.78 Å². The molecule has 0 N–H and O–H groups in total. The van der Waals surface area contributed by atoms with E-state index in [1.165, 1.54) is 0 Å². The maximum atomic E-state index is 12.1. The molecule has 0 unspecified atom stereocenters. The molecule has 0 spiro atoms. The molecule has 0 bridgehead atoms. The van der Waals surface area contributed by atoms with Gasteiger partial charge in [-0.15, -0.1) is 5.10 Å². The zero-order chi connectivity index (χ0) is 17.9. The molecule has 3 aromatic rings. The Bertz CT molecular complexity index is 869. The highest BCUT2D eigenvalue weighted by Gasteiger charge is 2.33. The number of carbonyl (C=O) groups excluding carboxylic acids is 1. The molecule has 0 aliphatic carbocycles. The number of para-hydroxylation sites is 1. The summed E-state index contributed by atoms with van der Waals surface area (Å²) < 4.78 is 12.9. The highest BCUT2D eigenvalue weighted by Crippen LogP contribution is 2.28. The van der Waals surface area contributed by atoms with Gasteiger partial charge in [0.1, 0.15) is 0 Å². The fourth-order valence-electron chi connectivity index (χ4n) is 2.64. The number of aromatic nitrogens is 2. The van der Waals surface area contributed by atoms with Crippen molar-refractivity contribution in [2.24, 2.45) is 0 Å². The lowest BCUT2D eigenvalue weighted by Gasteiger charge is -2.22. The van der Waals surface area contributed by atoms with Crippen LogP contribution >= 0.6 is 0 Å². The van der Waals surface area contributed by atoms with E-state index in [-0.39, 0.29) is 0 Å². The summed E-state index contributed by atoms with van der Waals surface area (Å²) in [4.78, 5) is 12.1. The van der Waals surface area contributed by atoms with Crippen molar-refractivity contribution >= 4 is 16.9 Å². The Kier molecular flexibility index (Phi) is 4.74. The van der Waals surface area contributed by atoms with Crippen LogP contribution in [-0.4, -0.2) is 28.0 Å². The van der Waals surface area contributed by atoms with Crippen LogP contribution in [0.2, 0.25) is 0 Å². The second kappa shape index (κ2) is 6.97. The molecular formula is C20H22N2O3. The van der Waals surface area contributed by atoms with Gasteiger partial charge in [0, 0.05) is 0 Å². The first-order valence-corrected chi connectivity index (χ1v) is 8.37. The average molecular weight is 338 g/mol. The molecule has 0 amide bonds. The summed E-state index contributed by atoms with van der Waals surface area (Å²) in [6, 6.07) is 17.9. The number of carbonyl (C=O) groups is 1. The van der Waals surface area contributed by atoms with Crippen LogP contribution in [-0.2, 0) is 16.1 Å². The van der Waals surface area contributed by atoms with E-state index in [1.807, 2.05) is 47.1 Å². The smallest absolute Gasteiger partial charge is 0.349 e. The summed E-state index contributed by atoms with van der Waals surface area (Å²) in [7, 11) is 0. The van der Waals surface area contributed by atoms with Gasteiger partial charge in [0.15, 0.2) is 0 Å². The first-order chi connectivity index (χ1) is 12.0. The topological polar surface area (TPSA) is 53.4 Å². The first kappa shape index (κ1) is 17.0. The Labute approximate surface area is 147 Å². The summed E-state index contributed by atoms with van der Waals surface area (Å²) in [6.07, 6.45) is 0. The second-order valence-electron chi connectivity index (χ2n) is 6.30. The lowest BCUT2D eigenvalue weighted by Crippen LogP contribution is -2.39. The van der Waals surface area contributed by atoms with Crippen molar-refractivity contribution in [2.45, 2.75) is 32.9 Å². The van der Waals surface area contributed by atoms with E-state index >= 15 is 0 Å². The zero-order valence-corrected chi connectivity index (χ0v) is 14.7. The second-order valence-corrected chi connectivity index (χ2v) is 6.30. The fraction of sp³-hybridized carbons (Fsp3) is 0.300. The summed E-state index contributed by atoms with van der Waals surface area (Å²) in [5.41, 5.74) is 0.998. The number of rotatable bonds is 6. The normalized spacial score (nSPS) is 11.5. The van der Waals surface area contributed by atoms with Crippen molar-refractivity contribution in [3.63, 3.8) is 0 Å². The standard InChI is InChI=1S/C20H22N2O3/c1-4-24-19(23)20(2,3)25-18-16-12-8-9-13-17(16)22(21-18)14-15-10-6-5-7-11-15/h5-13H,4,14H2,1-3H3. The van der Waals surface area contributed by atoms with E-state index in [2.05, 4.69) is 17.2 Å². The summed E-state index contributed by atoms with van der Waals surface area (Å²) in [5, 5.41) is 5.47. The number of ether oxygens (including phenoxy) is 2. The van der Waals surface area contributed by atoms with E-state index in [9.17, 15) is 4.79 Å². The molecule has 0 radical (unpaired) electrons. The van der Waals surface area contributed by atoms with Gasteiger partial charge in [-0.1, -0.05) is 42.5 Å². The molecule has 0 saturated heterocycles. The summed E-state index contributed by atoms with van der Waals surface area (Å²) >= 11 is 0. The van der Waals surface area contributed by atoms with E-state index in [0.29, 0.717) is 19.0 Å². The largest absolute Gasteiger partial charge is 0.463 e.